The van der Waals surface area contributed by atoms with Gasteiger partial charge in [0.25, 0.3) is 5.62 Å². The first-order chi connectivity index (χ1) is 6.65. The molecule has 0 saturated heterocycles. The van der Waals surface area contributed by atoms with Gasteiger partial charge in [0, 0.05) is 6.54 Å². The van der Waals surface area contributed by atoms with E-state index in [-0.39, 0.29) is 17.5 Å². The number of nitrogens with zero attached hydrogens (tertiary/aromatic N) is 4. The molecule has 1 aromatic rings. The van der Waals surface area contributed by atoms with Gasteiger partial charge in [0.15, 0.2) is 0 Å². The molecule has 1 aromatic heterocycles. The van der Waals surface area contributed by atoms with Crippen molar-refractivity contribution in [3.05, 3.63) is 5.62 Å². The zero-order valence-corrected chi connectivity index (χ0v) is 8.01. The van der Waals surface area contributed by atoms with Crippen molar-refractivity contribution < 1.29 is 5.21 Å². The van der Waals surface area contributed by atoms with Crippen molar-refractivity contribution in [1.82, 2.24) is 14.7 Å². The third-order valence-corrected chi connectivity index (χ3v) is 1.63. The zero-order chi connectivity index (χ0) is 10.6. The molecule has 0 bridgehead atoms. The maximum absolute atomic E-state index is 9.10. The molecule has 0 aliphatic rings. The van der Waals surface area contributed by atoms with E-state index in [1.807, 2.05) is 0 Å². The van der Waals surface area contributed by atoms with Crippen molar-refractivity contribution in [3.63, 3.8) is 0 Å². The molecule has 0 amide bonds. The second-order valence-electron chi connectivity index (χ2n) is 2.79. The van der Waals surface area contributed by atoms with E-state index in [1.54, 1.807) is 0 Å². The summed E-state index contributed by atoms with van der Waals surface area (Å²) in [5.41, 5.74) is 10.9. The van der Waals surface area contributed by atoms with Gasteiger partial charge in [0.2, 0.25) is 11.9 Å². The van der Waals surface area contributed by atoms with Crippen molar-refractivity contribution in [2.75, 3.05) is 18.0 Å². The summed E-state index contributed by atoms with van der Waals surface area (Å²) in [6, 6.07) is 0. The third kappa shape index (κ3) is 2.35. The van der Waals surface area contributed by atoms with Gasteiger partial charge in [-0.3, -0.25) is 0 Å². The summed E-state index contributed by atoms with van der Waals surface area (Å²) in [6.45, 7) is 2.69. The van der Waals surface area contributed by atoms with Gasteiger partial charge in [-0.05, 0) is 6.42 Å². The summed E-state index contributed by atoms with van der Waals surface area (Å²) in [5.74, 6) is -0.236. The summed E-state index contributed by atoms with van der Waals surface area (Å²) in [6.07, 6.45) is 2.00. The van der Waals surface area contributed by atoms with Crippen LogP contribution in [-0.4, -0.2) is 26.5 Å². The van der Waals surface area contributed by atoms with E-state index >= 15 is 0 Å². The lowest BCUT2D eigenvalue weighted by Crippen LogP contribution is -2.23. The van der Waals surface area contributed by atoms with E-state index in [0.717, 1.165) is 12.8 Å². The summed E-state index contributed by atoms with van der Waals surface area (Å²) in [7, 11) is 0. The third-order valence-electron chi connectivity index (χ3n) is 1.63. The van der Waals surface area contributed by atoms with Crippen LogP contribution in [0.1, 0.15) is 19.8 Å². The molecular formula is C7H14N6O. The number of hydrogen-bond donors (Lipinski definition) is 3. The molecule has 78 valence electrons. The molecule has 14 heavy (non-hydrogen) atoms. The van der Waals surface area contributed by atoms with Crippen LogP contribution in [0.2, 0.25) is 0 Å². The summed E-state index contributed by atoms with van der Waals surface area (Å²) in [5, 5.41) is 9.10. The lowest BCUT2D eigenvalue weighted by molar-refractivity contribution is 0.190. The van der Waals surface area contributed by atoms with Crippen LogP contribution >= 0.6 is 0 Å². The number of anilines is 2. The Bertz CT molecular complexity index is 345. The van der Waals surface area contributed by atoms with Crippen LogP contribution in [0.15, 0.2) is 4.99 Å². The second-order valence-corrected chi connectivity index (χ2v) is 2.79. The van der Waals surface area contributed by atoms with Gasteiger partial charge >= 0.3 is 0 Å². The van der Waals surface area contributed by atoms with Crippen molar-refractivity contribution in [2.24, 2.45) is 4.99 Å². The highest BCUT2D eigenvalue weighted by Crippen LogP contribution is 1.95. The molecule has 1 rings (SSSR count). The molecule has 5 N–H and O–H groups in total. The van der Waals surface area contributed by atoms with Gasteiger partial charge in [-0.15, -0.1) is 4.73 Å². The smallest absolute Gasteiger partial charge is 0.251 e. The topological polar surface area (TPSA) is 115 Å². The Morgan fingerprint density at radius 2 is 1.93 bits per heavy atom. The standard InChI is InChI=1S/C7H14N6O/c1-2-3-4-10-7-11-5(8)13(14)6(9)12-7/h14H,2-4H2,1H3,(H4,8,9,10,11,12). The average molecular weight is 198 g/mol. The Labute approximate surface area is 81.1 Å². The summed E-state index contributed by atoms with van der Waals surface area (Å²) >= 11 is 0. The van der Waals surface area contributed by atoms with Gasteiger partial charge in [-0.25, -0.2) is 4.99 Å². The first-order valence-corrected chi connectivity index (χ1v) is 4.37. The molecule has 1 heterocycles. The van der Waals surface area contributed by atoms with Crippen molar-refractivity contribution in [1.29, 1.82) is 0 Å². The van der Waals surface area contributed by atoms with Crippen molar-refractivity contribution in [2.45, 2.75) is 19.8 Å². The lowest BCUT2D eigenvalue weighted by Gasteiger charge is -2.02. The molecule has 0 aromatic carbocycles. The molecular weight excluding hydrogens is 184 g/mol. The fourth-order valence-corrected chi connectivity index (χ4v) is 0.850. The van der Waals surface area contributed by atoms with Crippen LogP contribution in [0.5, 0.6) is 0 Å². The maximum atomic E-state index is 9.10. The normalized spacial score (nSPS) is 10.1. The van der Waals surface area contributed by atoms with Crippen LogP contribution < -0.4 is 17.1 Å². The molecule has 0 atom stereocenters. The fourth-order valence-electron chi connectivity index (χ4n) is 0.850. The van der Waals surface area contributed by atoms with E-state index in [2.05, 4.69) is 21.9 Å². The first-order valence-electron chi connectivity index (χ1n) is 4.37. The summed E-state index contributed by atoms with van der Waals surface area (Å²) < 4.78 is 0.513. The van der Waals surface area contributed by atoms with Crippen LogP contribution in [0.4, 0.5) is 11.9 Å². The van der Waals surface area contributed by atoms with Crippen molar-refractivity contribution in [3.8, 4) is 0 Å². The van der Waals surface area contributed by atoms with E-state index in [0.29, 0.717) is 11.3 Å². The molecule has 0 unspecified atom stereocenters. The number of hydrogen-bond acceptors (Lipinski definition) is 6. The van der Waals surface area contributed by atoms with Gasteiger partial charge in [0.05, 0.1) is 0 Å². The number of nitrogens with two attached hydrogens (primary N) is 2. The van der Waals surface area contributed by atoms with E-state index in [4.69, 9.17) is 16.7 Å². The minimum Gasteiger partial charge on any atom is -0.422 e. The van der Waals surface area contributed by atoms with Crippen LogP contribution in [0.3, 0.4) is 0 Å². The Hall–Kier alpha value is -1.79. The highest BCUT2D eigenvalue weighted by atomic mass is 16.5. The predicted molar refractivity (Wildman–Crippen MR) is 51.4 cm³/mol. The van der Waals surface area contributed by atoms with Crippen LogP contribution in [-0.2, 0) is 0 Å². The van der Waals surface area contributed by atoms with Gasteiger partial charge in [0.1, 0.15) is 0 Å². The quantitative estimate of drug-likeness (QED) is 0.442. The highest BCUT2D eigenvalue weighted by molar-refractivity contribution is 5.25. The first kappa shape index (κ1) is 10.3. The molecule has 7 heteroatoms. The molecule has 0 radical (unpaired) electrons. The summed E-state index contributed by atoms with van der Waals surface area (Å²) in [4.78, 5) is 11.5. The van der Waals surface area contributed by atoms with E-state index in [1.165, 1.54) is 0 Å². The molecule has 0 aliphatic heterocycles. The number of rotatable bonds is 3. The monoisotopic (exact) mass is 198 g/mol. The fraction of sp³-hybridized carbons (Fsp3) is 0.571. The van der Waals surface area contributed by atoms with E-state index in [9.17, 15) is 0 Å². The van der Waals surface area contributed by atoms with Gasteiger partial charge in [-0.2, -0.15) is 9.97 Å². The molecule has 0 fully saturated rings. The Kier molecular flexibility index (Phi) is 3.27. The Balaban J connectivity index is 2.94. The number of nitrogen functional groups attached to an aromatic ring is 2. The zero-order valence-electron chi connectivity index (χ0n) is 8.01. The SMILES string of the molecule is CCCCN=c1nc(N)n(O)c(N)n1. The Morgan fingerprint density at radius 3 is 2.43 bits per heavy atom. The molecule has 0 spiro atoms. The van der Waals surface area contributed by atoms with Crippen LogP contribution in [0.25, 0.3) is 0 Å². The average Bonchev–Trinajstić information content (AvgIpc) is 2.14. The molecule has 7 nitrogen and oxygen atoms in total. The molecule has 0 aliphatic carbocycles. The molecule has 0 saturated carbocycles. The second kappa shape index (κ2) is 4.45. The number of unbranched alkanes of at least 4 members (excludes halogenated alkanes) is 1. The van der Waals surface area contributed by atoms with Gasteiger partial charge < -0.3 is 16.7 Å². The van der Waals surface area contributed by atoms with Crippen LogP contribution in [0, 0.1) is 0 Å². The highest BCUT2D eigenvalue weighted by Gasteiger charge is 2.00. The van der Waals surface area contributed by atoms with Crippen molar-refractivity contribution >= 4 is 11.9 Å². The number of aromatic nitrogens is 3. The predicted octanol–water partition coefficient (Wildman–Crippen LogP) is -0.619. The Morgan fingerprint density at radius 1 is 1.36 bits per heavy atom. The van der Waals surface area contributed by atoms with Gasteiger partial charge in [-0.1, -0.05) is 13.3 Å². The maximum Gasteiger partial charge on any atom is 0.251 e. The van der Waals surface area contributed by atoms with E-state index < -0.39 is 0 Å². The largest absolute Gasteiger partial charge is 0.422 e. The minimum absolute atomic E-state index is 0.118. The minimum atomic E-state index is -0.118. The lowest BCUT2D eigenvalue weighted by atomic mass is 10.3.